The number of hydrogen-bond acceptors (Lipinski definition) is 4. The van der Waals surface area contributed by atoms with E-state index in [4.69, 9.17) is 4.74 Å². The van der Waals surface area contributed by atoms with Crippen LogP contribution in [-0.4, -0.2) is 20.9 Å². The molecule has 0 aromatic heterocycles. The summed E-state index contributed by atoms with van der Waals surface area (Å²) in [5.74, 6) is 0.551. The van der Waals surface area contributed by atoms with Crippen LogP contribution in [0.2, 0.25) is 0 Å². The first kappa shape index (κ1) is 21.4. The van der Waals surface area contributed by atoms with Crippen LogP contribution in [0.25, 0.3) is 0 Å². The van der Waals surface area contributed by atoms with Crippen molar-refractivity contribution in [3.05, 3.63) is 84.4 Å². The lowest BCUT2D eigenvalue weighted by Gasteiger charge is -2.10. The Morgan fingerprint density at radius 2 is 1.50 bits per heavy atom. The lowest BCUT2D eigenvalue weighted by atomic mass is 10.1. The predicted molar refractivity (Wildman–Crippen MR) is 118 cm³/mol. The van der Waals surface area contributed by atoms with Crippen LogP contribution in [0.5, 0.6) is 5.75 Å². The van der Waals surface area contributed by atoms with E-state index in [0.29, 0.717) is 36.6 Å². The number of carbonyl (C=O) groups is 1. The van der Waals surface area contributed by atoms with Crippen molar-refractivity contribution in [3.63, 3.8) is 0 Å². The number of nitrogens with one attached hydrogen (secondary N) is 2. The van der Waals surface area contributed by atoms with Gasteiger partial charge in [0.1, 0.15) is 5.75 Å². The third-order valence-corrected chi connectivity index (χ3v) is 5.75. The number of ether oxygens (including phenoxy) is 1. The van der Waals surface area contributed by atoms with Gasteiger partial charge in [0.25, 0.3) is 10.0 Å². The first-order valence-electron chi connectivity index (χ1n) is 9.66. The fourth-order valence-electron chi connectivity index (χ4n) is 2.84. The number of hydrogen-bond donors (Lipinski definition) is 2. The van der Waals surface area contributed by atoms with Gasteiger partial charge in [-0.2, -0.15) is 0 Å². The molecule has 3 rings (SSSR count). The molecule has 0 saturated carbocycles. The molecule has 0 atom stereocenters. The van der Waals surface area contributed by atoms with Crippen molar-refractivity contribution in [2.75, 3.05) is 16.6 Å². The zero-order valence-electron chi connectivity index (χ0n) is 16.7. The van der Waals surface area contributed by atoms with E-state index in [-0.39, 0.29) is 10.8 Å². The Morgan fingerprint density at radius 1 is 0.867 bits per heavy atom. The Kier molecular flexibility index (Phi) is 7.08. The van der Waals surface area contributed by atoms with Crippen molar-refractivity contribution in [1.29, 1.82) is 0 Å². The van der Waals surface area contributed by atoms with E-state index in [1.807, 2.05) is 37.3 Å². The van der Waals surface area contributed by atoms with Gasteiger partial charge in [-0.25, -0.2) is 8.42 Å². The fourth-order valence-corrected chi connectivity index (χ4v) is 3.90. The lowest BCUT2D eigenvalue weighted by Crippen LogP contribution is -2.14. The number of aryl methyl sites for hydroxylation is 1. The van der Waals surface area contributed by atoms with Crippen LogP contribution in [0.4, 0.5) is 11.4 Å². The minimum Gasteiger partial charge on any atom is -0.494 e. The van der Waals surface area contributed by atoms with Crippen molar-refractivity contribution in [2.45, 2.75) is 24.7 Å². The molecule has 0 spiro atoms. The fraction of sp³-hybridized carbons (Fsp3) is 0.174. The average molecular weight is 425 g/mol. The molecular weight excluding hydrogens is 400 g/mol. The molecule has 0 bridgehead atoms. The van der Waals surface area contributed by atoms with Gasteiger partial charge in [0, 0.05) is 17.8 Å². The molecule has 30 heavy (non-hydrogen) atoms. The van der Waals surface area contributed by atoms with Crippen LogP contribution >= 0.6 is 0 Å². The quantitative estimate of drug-likeness (QED) is 0.531. The third kappa shape index (κ3) is 6.09. The Hall–Kier alpha value is -3.32. The summed E-state index contributed by atoms with van der Waals surface area (Å²) in [6.45, 7) is 2.42. The number of sulfonamides is 1. The molecule has 0 heterocycles. The highest BCUT2D eigenvalue weighted by atomic mass is 32.2. The normalized spacial score (nSPS) is 11.0. The van der Waals surface area contributed by atoms with Gasteiger partial charge in [0.2, 0.25) is 5.91 Å². The van der Waals surface area contributed by atoms with Gasteiger partial charge in [0.05, 0.1) is 11.5 Å². The van der Waals surface area contributed by atoms with Gasteiger partial charge < -0.3 is 10.1 Å². The monoisotopic (exact) mass is 424 g/mol. The molecule has 0 unspecified atom stereocenters. The maximum Gasteiger partial charge on any atom is 0.261 e. The summed E-state index contributed by atoms with van der Waals surface area (Å²) in [6, 6.07) is 22.5. The predicted octanol–water partition coefficient (Wildman–Crippen LogP) is 4.46. The molecule has 2 N–H and O–H groups in total. The van der Waals surface area contributed by atoms with Crippen molar-refractivity contribution in [3.8, 4) is 5.75 Å². The number of anilines is 2. The summed E-state index contributed by atoms with van der Waals surface area (Å²) in [5, 5.41) is 2.79. The SMILES string of the molecule is CCOc1ccc(NS(=O)(=O)c2ccc(NC(=O)CCc3ccccc3)cc2)cc1. The molecule has 1 amide bonds. The second-order valence-corrected chi connectivity index (χ2v) is 8.30. The zero-order chi connectivity index (χ0) is 21.4. The molecule has 0 aliphatic carbocycles. The first-order valence-corrected chi connectivity index (χ1v) is 11.1. The molecule has 3 aromatic carbocycles. The molecule has 3 aromatic rings. The van der Waals surface area contributed by atoms with Gasteiger partial charge in [-0.1, -0.05) is 30.3 Å². The number of benzene rings is 3. The van der Waals surface area contributed by atoms with Crippen molar-refractivity contribution in [1.82, 2.24) is 0 Å². The molecule has 156 valence electrons. The summed E-state index contributed by atoms with van der Waals surface area (Å²) >= 11 is 0. The highest BCUT2D eigenvalue weighted by Crippen LogP contribution is 2.21. The Bertz CT molecular complexity index is 1060. The Morgan fingerprint density at radius 3 is 2.13 bits per heavy atom. The van der Waals surface area contributed by atoms with E-state index < -0.39 is 10.0 Å². The molecule has 0 aliphatic heterocycles. The highest BCUT2D eigenvalue weighted by Gasteiger charge is 2.14. The van der Waals surface area contributed by atoms with Crippen molar-refractivity contribution < 1.29 is 17.9 Å². The topological polar surface area (TPSA) is 84.5 Å². The van der Waals surface area contributed by atoms with Crippen LogP contribution in [0.1, 0.15) is 18.9 Å². The minimum absolute atomic E-state index is 0.110. The van der Waals surface area contributed by atoms with Crippen LogP contribution in [-0.2, 0) is 21.2 Å². The third-order valence-electron chi connectivity index (χ3n) is 4.35. The summed E-state index contributed by atoms with van der Waals surface area (Å²) in [5.41, 5.74) is 2.08. The molecule has 0 radical (unpaired) electrons. The largest absolute Gasteiger partial charge is 0.494 e. The van der Waals surface area contributed by atoms with Gasteiger partial charge >= 0.3 is 0 Å². The standard InChI is InChI=1S/C23H24N2O4S/c1-2-29-21-13-9-20(10-14-21)25-30(27,28)22-15-11-19(12-16-22)24-23(26)17-8-18-6-4-3-5-7-18/h3-7,9-16,25H,2,8,17H2,1H3,(H,24,26). The van der Waals surface area contributed by atoms with E-state index in [0.717, 1.165) is 5.56 Å². The minimum atomic E-state index is -3.73. The molecule has 0 fully saturated rings. The molecule has 0 saturated heterocycles. The first-order chi connectivity index (χ1) is 14.5. The van der Waals surface area contributed by atoms with Gasteiger partial charge in [-0.05, 0) is 67.4 Å². The summed E-state index contributed by atoms with van der Waals surface area (Å²) in [6.07, 6.45) is 0.995. The van der Waals surface area contributed by atoms with E-state index >= 15 is 0 Å². The van der Waals surface area contributed by atoms with Crippen molar-refractivity contribution >= 4 is 27.3 Å². The summed E-state index contributed by atoms with van der Waals surface area (Å²) in [4.78, 5) is 12.2. The second kappa shape index (κ2) is 9.93. The van der Waals surface area contributed by atoms with E-state index in [2.05, 4.69) is 10.0 Å². The van der Waals surface area contributed by atoms with Gasteiger partial charge in [-0.15, -0.1) is 0 Å². The molecule has 0 aliphatic rings. The second-order valence-electron chi connectivity index (χ2n) is 6.62. The molecule has 7 heteroatoms. The Labute approximate surface area is 177 Å². The van der Waals surface area contributed by atoms with Crippen LogP contribution in [0.3, 0.4) is 0 Å². The van der Waals surface area contributed by atoms with Gasteiger partial charge in [-0.3, -0.25) is 9.52 Å². The highest BCUT2D eigenvalue weighted by molar-refractivity contribution is 7.92. The number of amides is 1. The van der Waals surface area contributed by atoms with E-state index in [1.54, 1.807) is 36.4 Å². The van der Waals surface area contributed by atoms with E-state index in [9.17, 15) is 13.2 Å². The summed E-state index contributed by atoms with van der Waals surface area (Å²) < 4.78 is 33.0. The van der Waals surface area contributed by atoms with Crippen molar-refractivity contribution in [2.24, 2.45) is 0 Å². The van der Waals surface area contributed by atoms with Crippen LogP contribution in [0.15, 0.2) is 83.8 Å². The smallest absolute Gasteiger partial charge is 0.261 e. The molecule has 6 nitrogen and oxygen atoms in total. The van der Waals surface area contributed by atoms with Gasteiger partial charge in [0.15, 0.2) is 0 Å². The molecular formula is C23H24N2O4S. The average Bonchev–Trinajstić information content (AvgIpc) is 2.75. The lowest BCUT2D eigenvalue weighted by molar-refractivity contribution is -0.116. The maximum absolute atomic E-state index is 12.6. The maximum atomic E-state index is 12.6. The Balaban J connectivity index is 1.57. The number of rotatable bonds is 9. The van der Waals surface area contributed by atoms with Crippen LogP contribution < -0.4 is 14.8 Å². The van der Waals surface area contributed by atoms with Crippen LogP contribution in [0, 0.1) is 0 Å². The summed E-state index contributed by atoms with van der Waals surface area (Å²) in [7, 11) is -3.73. The number of carbonyl (C=O) groups excluding carboxylic acids is 1. The zero-order valence-corrected chi connectivity index (χ0v) is 17.5. The van der Waals surface area contributed by atoms with E-state index in [1.165, 1.54) is 12.1 Å².